The van der Waals surface area contributed by atoms with Crippen molar-refractivity contribution in [2.45, 2.75) is 68.6 Å². The molecule has 152 valence electrons. The van der Waals surface area contributed by atoms with Crippen LogP contribution >= 0.6 is 0 Å². The predicted octanol–water partition coefficient (Wildman–Crippen LogP) is 2.76. The summed E-state index contributed by atoms with van der Waals surface area (Å²) in [5.41, 5.74) is -2.16. The van der Waals surface area contributed by atoms with Crippen LogP contribution in [-0.4, -0.2) is 47.4 Å². The molecule has 0 radical (unpaired) electrons. The van der Waals surface area contributed by atoms with Crippen molar-refractivity contribution in [1.82, 2.24) is 0 Å². The molecule has 2 fully saturated rings. The van der Waals surface area contributed by atoms with E-state index < -0.39 is 51.3 Å². The summed E-state index contributed by atoms with van der Waals surface area (Å²) >= 11 is 0. The molecule has 0 amide bonds. The van der Waals surface area contributed by atoms with E-state index in [4.69, 9.17) is 9.29 Å². The van der Waals surface area contributed by atoms with Crippen molar-refractivity contribution in [2.24, 2.45) is 11.3 Å². The van der Waals surface area contributed by atoms with Gasteiger partial charge < -0.3 is 9.84 Å². The van der Waals surface area contributed by atoms with Gasteiger partial charge in [0.2, 0.25) is 0 Å². The Hall–Kier alpha value is -0.940. The zero-order valence-corrected chi connectivity index (χ0v) is 15.0. The molecule has 0 spiro atoms. The van der Waals surface area contributed by atoms with Gasteiger partial charge in [0.05, 0.1) is 24.0 Å². The molecule has 0 aromatic rings. The first-order valence-electron chi connectivity index (χ1n) is 8.24. The van der Waals surface area contributed by atoms with Crippen LogP contribution < -0.4 is 0 Å². The second-order valence-corrected chi connectivity index (χ2v) is 9.17. The number of ether oxygens (including phenoxy) is 1. The Labute approximate surface area is 148 Å². The Kier molecular flexibility index (Phi) is 5.41. The lowest BCUT2D eigenvalue weighted by Crippen LogP contribution is -2.50. The van der Waals surface area contributed by atoms with Gasteiger partial charge in [0, 0.05) is 0 Å². The summed E-state index contributed by atoms with van der Waals surface area (Å²) < 4.78 is 86.9. The average molecular weight is 406 g/mol. The zero-order chi connectivity index (χ0) is 20.0. The second-order valence-electron chi connectivity index (χ2n) is 7.71. The van der Waals surface area contributed by atoms with E-state index in [0.717, 1.165) is 12.8 Å². The maximum atomic E-state index is 13.4. The van der Waals surface area contributed by atoms with Crippen LogP contribution in [0.25, 0.3) is 0 Å². The SMILES string of the molecule is CC1(C(=O)OCCC(F)(F)C(F)(F)S(=O)(=O)O)CC2CCCC(O)(C2)C1. The first-order chi connectivity index (χ1) is 11.6. The molecule has 6 nitrogen and oxygen atoms in total. The molecule has 2 bridgehead atoms. The summed E-state index contributed by atoms with van der Waals surface area (Å²) in [5, 5.41) is 4.83. The summed E-state index contributed by atoms with van der Waals surface area (Å²) in [6.07, 6.45) is 1.43. The molecule has 2 rings (SSSR count). The van der Waals surface area contributed by atoms with Crippen LogP contribution in [0, 0.1) is 11.3 Å². The van der Waals surface area contributed by atoms with E-state index in [0.29, 0.717) is 19.3 Å². The third kappa shape index (κ3) is 3.99. The summed E-state index contributed by atoms with van der Waals surface area (Å²) in [6.45, 7) is 0.387. The maximum absolute atomic E-state index is 13.4. The number of carbonyl (C=O) groups excluding carboxylic acids is 1. The Morgan fingerprint density at radius 2 is 1.88 bits per heavy atom. The maximum Gasteiger partial charge on any atom is 0.431 e. The van der Waals surface area contributed by atoms with Crippen molar-refractivity contribution >= 4 is 16.1 Å². The number of hydrogen-bond acceptors (Lipinski definition) is 5. The number of esters is 1. The van der Waals surface area contributed by atoms with Crippen LogP contribution in [0.2, 0.25) is 0 Å². The minimum atomic E-state index is -6.32. The van der Waals surface area contributed by atoms with Crippen LogP contribution in [0.4, 0.5) is 17.6 Å². The average Bonchev–Trinajstić information content (AvgIpc) is 2.43. The van der Waals surface area contributed by atoms with Gasteiger partial charge in [-0.1, -0.05) is 12.8 Å². The zero-order valence-electron chi connectivity index (χ0n) is 14.2. The summed E-state index contributed by atoms with van der Waals surface area (Å²) in [7, 11) is -6.32. The molecule has 3 unspecified atom stereocenters. The number of rotatable bonds is 6. The van der Waals surface area contributed by atoms with Gasteiger partial charge in [-0.2, -0.15) is 26.0 Å². The number of fused-ring (bicyclic) bond motifs is 2. The Morgan fingerprint density at radius 3 is 2.42 bits per heavy atom. The first-order valence-corrected chi connectivity index (χ1v) is 9.68. The number of alkyl halides is 4. The van der Waals surface area contributed by atoms with Gasteiger partial charge in [0.15, 0.2) is 0 Å². The molecule has 26 heavy (non-hydrogen) atoms. The van der Waals surface area contributed by atoms with Gasteiger partial charge in [-0.05, 0) is 38.5 Å². The quantitative estimate of drug-likeness (QED) is 0.400. The minimum Gasteiger partial charge on any atom is -0.465 e. The molecule has 0 heterocycles. The van der Waals surface area contributed by atoms with E-state index in [1.807, 2.05) is 0 Å². The lowest BCUT2D eigenvalue weighted by molar-refractivity contribution is -0.184. The summed E-state index contributed by atoms with van der Waals surface area (Å²) in [5.74, 6) is -5.91. The van der Waals surface area contributed by atoms with E-state index in [-0.39, 0.29) is 12.3 Å². The van der Waals surface area contributed by atoms with Crippen LogP contribution in [-0.2, 0) is 19.6 Å². The second kappa shape index (κ2) is 6.59. The standard InChI is InChI=1S/C15H22F4O6S/c1-12(7-10-3-2-4-13(21,8-10)9-12)11(20)25-6-5-14(16,17)15(18,19)26(22,23)24/h10,21H,2-9H2,1H3,(H,22,23,24). The fraction of sp³-hybridized carbons (Fsp3) is 0.933. The Balaban J connectivity index is 1.98. The lowest BCUT2D eigenvalue weighted by Gasteiger charge is -2.48. The Morgan fingerprint density at radius 1 is 1.27 bits per heavy atom. The molecular weight excluding hydrogens is 384 g/mol. The van der Waals surface area contributed by atoms with Crippen LogP contribution in [0.1, 0.15) is 51.9 Å². The summed E-state index contributed by atoms with van der Waals surface area (Å²) in [6, 6.07) is 0. The predicted molar refractivity (Wildman–Crippen MR) is 81.3 cm³/mol. The highest BCUT2D eigenvalue weighted by Gasteiger charge is 2.65. The van der Waals surface area contributed by atoms with Gasteiger partial charge in [-0.15, -0.1) is 0 Å². The molecule has 2 N–H and O–H groups in total. The van der Waals surface area contributed by atoms with Crippen LogP contribution in [0.15, 0.2) is 0 Å². The van der Waals surface area contributed by atoms with E-state index in [2.05, 4.69) is 0 Å². The number of halogens is 4. The molecule has 0 aromatic carbocycles. The lowest BCUT2D eigenvalue weighted by atomic mass is 9.59. The third-order valence-electron chi connectivity index (χ3n) is 5.27. The molecule has 2 aliphatic rings. The van der Waals surface area contributed by atoms with Crippen molar-refractivity contribution in [3.8, 4) is 0 Å². The van der Waals surface area contributed by atoms with Crippen molar-refractivity contribution in [3.63, 3.8) is 0 Å². The molecule has 0 aliphatic heterocycles. The molecule has 11 heteroatoms. The largest absolute Gasteiger partial charge is 0.465 e. The van der Waals surface area contributed by atoms with Crippen molar-refractivity contribution in [2.75, 3.05) is 6.61 Å². The highest BCUT2D eigenvalue weighted by Crippen LogP contribution is 2.51. The minimum absolute atomic E-state index is 0.0883. The molecule has 0 saturated heterocycles. The number of hydrogen-bond donors (Lipinski definition) is 2. The van der Waals surface area contributed by atoms with Gasteiger partial charge in [0.1, 0.15) is 0 Å². The number of aliphatic hydroxyl groups is 1. The van der Waals surface area contributed by atoms with Gasteiger partial charge in [-0.25, -0.2) is 0 Å². The Bertz CT molecular complexity index is 667. The molecule has 3 atom stereocenters. The topological polar surface area (TPSA) is 101 Å². The van der Waals surface area contributed by atoms with E-state index in [9.17, 15) is 35.9 Å². The van der Waals surface area contributed by atoms with E-state index in [1.165, 1.54) is 6.92 Å². The molecule has 2 saturated carbocycles. The van der Waals surface area contributed by atoms with Crippen molar-refractivity contribution < 1.29 is 45.2 Å². The van der Waals surface area contributed by atoms with Crippen molar-refractivity contribution in [3.05, 3.63) is 0 Å². The summed E-state index contributed by atoms with van der Waals surface area (Å²) in [4.78, 5) is 12.3. The van der Waals surface area contributed by atoms with E-state index >= 15 is 0 Å². The fourth-order valence-electron chi connectivity index (χ4n) is 4.17. The van der Waals surface area contributed by atoms with Crippen molar-refractivity contribution in [1.29, 1.82) is 0 Å². The van der Waals surface area contributed by atoms with Crippen LogP contribution in [0.5, 0.6) is 0 Å². The molecule has 2 aliphatic carbocycles. The monoisotopic (exact) mass is 406 g/mol. The van der Waals surface area contributed by atoms with Gasteiger partial charge in [-0.3, -0.25) is 9.35 Å². The van der Waals surface area contributed by atoms with Gasteiger partial charge >= 0.3 is 27.3 Å². The fourth-order valence-corrected chi connectivity index (χ4v) is 4.65. The normalized spacial score (nSPS) is 33.0. The van der Waals surface area contributed by atoms with Crippen LogP contribution in [0.3, 0.4) is 0 Å². The highest BCUT2D eigenvalue weighted by atomic mass is 32.2. The smallest absolute Gasteiger partial charge is 0.431 e. The highest BCUT2D eigenvalue weighted by molar-refractivity contribution is 7.87. The first kappa shape index (κ1) is 21.4. The molecular formula is C15H22F4O6S. The number of carbonyl (C=O) groups is 1. The van der Waals surface area contributed by atoms with E-state index in [1.54, 1.807) is 0 Å². The van der Waals surface area contributed by atoms with Gasteiger partial charge in [0.25, 0.3) is 0 Å². The third-order valence-corrected chi connectivity index (χ3v) is 6.22. The molecule has 0 aromatic heterocycles.